The fourth-order valence-electron chi connectivity index (χ4n) is 2.30. The second kappa shape index (κ2) is 9.72. The number of thioether (sulfide) groups is 1. The number of sulfonamides is 1. The number of carbonyl (C=O) groups excluding carboxylic acids is 1. The molecule has 0 aliphatic rings. The number of rotatable bonds is 10. The van der Waals surface area contributed by atoms with Crippen molar-refractivity contribution in [2.75, 3.05) is 25.7 Å². The first-order valence-electron chi connectivity index (χ1n) is 8.16. The van der Waals surface area contributed by atoms with Crippen LogP contribution in [0.1, 0.15) is 23.9 Å². The van der Waals surface area contributed by atoms with E-state index < -0.39 is 16.1 Å². The molecule has 2 rings (SSSR count). The maximum Gasteiger partial charge on any atom is 0.221 e. The van der Waals surface area contributed by atoms with Gasteiger partial charge in [0.15, 0.2) is 0 Å². The normalized spacial score (nSPS) is 12.6. The van der Waals surface area contributed by atoms with E-state index in [1.165, 1.54) is 11.8 Å². The number of aryl methyl sites for hydroxylation is 1. The summed E-state index contributed by atoms with van der Waals surface area (Å²) in [6.45, 7) is 2.23. The number of aromatic nitrogens is 3. The van der Waals surface area contributed by atoms with Crippen LogP contribution < -0.4 is 14.8 Å². The number of nitrogens with zero attached hydrogens (tertiary/aromatic N) is 2. The second-order valence-electron chi connectivity index (χ2n) is 5.82. The van der Waals surface area contributed by atoms with Crippen LogP contribution in [0.5, 0.6) is 5.75 Å². The van der Waals surface area contributed by atoms with E-state index in [-0.39, 0.29) is 12.3 Å². The number of ether oxygens (including phenoxy) is 1. The monoisotopic (exact) mass is 413 g/mol. The van der Waals surface area contributed by atoms with Gasteiger partial charge in [-0.15, -0.1) is 5.10 Å². The van der Waals surface area contributed by atoms with Crippen molar-refractivity contribution in [3.8, 4) is 5.75 Å². The maximum atomic E-state index is 12.2. The van der Waals surface area contributed by atoms with E-state index in [2.05, 4.69) is 25.2 Å². The summed E-state index contributed by atoms with van der Waals surface area (Å²) in [7, 11) is -1.93. The summed E-state index contributed by atoms with van der Waals surface area (Å²) in [5, 5.41) is 10.2. The Hall–Kier alpha value is -2.11. The Morgan fingerprint density at radius 3 is 2.59 bits per heavy atom. The van der Waals surface area contributed by atoms with Gasteiger partial charge >= 0.3 is 0 Å². The lowest BCUT2D eigenvalue weighted by atomic mass is 10.0. The molecule has 0 aliphatic heterocycles. The molecule has 11 heteroatoms. The summed E-state index contributed by atoms with van der Waals surface area (Å²) in [6.07, 6.45) is 1.06. The Morgan fingerprint density at radius 2 is 2.04 bits per heavy atom. The summed E-state index contributed by atoms with van der Waals surface area (Å²) in [5.74, 6) is 1.74. The zero-order valence-electron chi connectivity index (χ0n) is 15.4. The minimum absolute atomic E-state index is 0.0101. The van der Waals surface area contributed by atoms with E-state index in [4.69, 9.17) is 4.74 Å². The predicted octanol–water partition coefficient (Wildman–Crippen LogP) is 1.01. The fraction of sp³-hybridized carbons (Fsp3) is 0.438. The van der Waals surface area contributed by atoms with Crippen molar-refractivity contribution in [3.63, 3.8) is 0 Å². The van der Waals surface area contributed by atoms with E-state index in [0.29, 0.717) is 28.8 Å². The number of methoxy groups -OCH3 is 1. The van der Waals surface area contributed by atoms with Crippen LogP contribution in [-0.4, -0.2) is 55.2 Å². The van der Waals surface area contributed by atoms with Gasteiger partial charge in [-0.1, -0.05) is 23.9 Å². The van der Waals surface area contributed by atoms with Crippen molar-refractivity contribution in [1.82, 2.24) is 25.2 Å². The quantitative estimate of drug-likeness (QED) is 0.392. The highest BCUT2D eigenvalue weighted by atomic mass is 32.2. The largest absolute Gasteiger partial charge is 0.497 e. The summed E-state index contributed by atoms with van der Waals surface area (Å²) in [5.41, 5.74) is 0.682. The van der Waals surface area contributed by atoms with Gasteiger partial charge in [-0.05, 0) is 24.6 Å². The lowest BCUT2D eigenvalue weighted by Crippen LogP contribution is -2.34. The molecule has 3 N–H and O–H groups in total. The molecule has 1 aromatic carbocycles. The van der Waals surface area contributed by atoms with Gasteiger partial charge in [0.25, 0.3) is 0 Å². The molecule has 0 aliphatic carbocycles. The first kappa shape index (κ1) is 21.2. The molecule has 0 bridgehead atoms. The molecule has 0 saturated carbocycles. The zero-order valence-corrected chi connectivity index (χ0v) is 17.0. The number of hydrogen-bond donors (Lipinski definition) is 3. The average Bonchev–Trinajstić information content (AvgIpc) is 3.02. The van der Waals surface area contributed by atoms with E-state index >= 15 is 0 Å². The van der Waals surface area contributed by atoms with Gasteiger partial charge in [-0.3, -0.25) is 9.89 Å². The van der Waals surface area contributed by atoms with Gasteiger partial charge in [0, 0.05) is 18.7 Å². The van der Waals surface area contributed by atoms with Gasteiger partial charge in [-0.25, -0.2) is 18.1 Å². The molecule has 0 saturated heterocycles. The fourth-order valence-corrected chi connectivity index (χ4v) is 3.73. The lowest BCUT2D eigenvalue weighted by molar-refractivity contribution is -0.121. The molecule has 2 aromatic rings. The first-order chi connectivity index (χ1) is 12.8. The van der Waals surface area contributed by atoms with E-state index in [9.17, 15) is 13.2 Å². The van der Waals surface area contributed by atoms with Gasteiger partial charge in [0.05, 0.1) is 19.4 Å². The molecule has 1 aromatic heterocycles. The van der Waals surface area contributed by atoms with Crippen LogP contribution in [0.2, 0.25) is 0 Å². The number of nitrogens with one attached hydrogen (secondary N) is 3. The highest BCUT2D eigenvalue weighted by Gasteiger charge is 2.19. The molecule has 1 amide bonds. The molecule has 0 unspecified atom stereocenters. The van der Waals surface area contributed by atoms with E-state index in [1.54, 1.807) is 31.4 Å². The van der Waals surface area contributed by atoms with Crippen LogP contribution in [-0.2, 0) is 14.8 Å². The van der Waals surface area contributed by atoms with Crippen molar-refractivity contribution < 1.29 is 17.9 Å². The van der Waals surface area contributed by atoms with Crippen molar-refractivity contribution in [2.24, 2.45) is 0 Å². The van der Waals surface area contributed by atoms with Crippen molar-refractivity contribution in [3.05, 3.63) is 35.7 Å². The molecule has 148 valence electrons. The number of amides is 1. The molecular formula is C16H23N5O4S2. The zero-order chi connectivity index (χ0) is 19.9. The van der Waals surface area contributed by atoms with Gasteiger partial charge < -0.3 is 10.1 Å². The number of aromatic amines is 1. The number of carbonyl (C=O) groups is 1. The summed E-state index contributed by atoms with van der Waals surface area (Å²) in [6, 6.07) is 6.25. The highest BCUT2D eigenvalue weighted by Crippen LogP contribution is 2.21. The summed E-state index contributed by atoms with van der Waals surface area (Å²) in [4.78, 5) is 16.4. The SMILES string of the molecule is COc1ccc([C@H](CC(=O)NCCSc2n[nH]c(C)n2)NS(C)(=O)=O)cc1. The Morgan fingerprint density at radius 1 is 1.33 bits per heavy atom. The minimum atomic E-state index is -3.48. The molecular weight excluding hydrogens is 390 g/mol. The van der Waals surface area contributed by atoms with Crippen LogP contribution in [0.4, 0.5) is 0 Å². The topological polar surface area (TPSA) is 126 Å². The second-order valence-corrected chi connectivity index (χ2v) is 8.66. The minimum Gasteiger partial charge on any atom is -0.497 e. The molecule has 0 radical (unpaired) electrons. The predicted molar refractivity (Wildman–Crippen MR) is 103 cm³/mol. The van der Waals surface area contributed by atoms with Crippen LogP contribution in [0.15, 0.2) is 29.4 Å². The van der Waals surface area contributed by atoms with Crippen LogP contribution in [0, 0.1) is 6.92 Å². The number of H-pyrrole nitrogens is 1. The Kier molecular flexibility index (Phi) is 7.63. The molecule has 1 atom stereocenters. The molecule has 27 heavy (non-hydrogen) atoms. The third-order valence-corrected chi connectivity index (χ3v) is 5.06. The van der Waals surface area contributed by atoms with Crippen LogP contribution in [0.3, 0.4) is 0 Å². The van der Waals surface area contributed by atoms with Gasteiger partial charge in [-0.2, -0.15) is 0 Å². The standard InChI is InChI=1S/C16H23N5O4S2/c1-11-18-16(20-19-11)26-9-8-17-15(22)10-14(21-27(3,23)24)12-4-6-13(25-2)7-5-12/h4-7,14,21H,8-10H2,1-3H3,(H,17,22)(H,18,19,20)/t14-/m0/s1. The van der Waals surface area contributed by atoms with Crippen molar-refractivity contribution >= 4 is 27.7 Å². The molecule has 0 fully saturated rings. The van der Waals surface area contributed by atoms with E-state index in [0.717, 1.165) is 12.1 Å². The van der Waals surface area contributed by atoms with Gasteiger partial charge in [0.2, 0.25) is 21.1 Å². The molecule has 1 heterocycles. The van der Waals surface area contributed by atoms with Crippen molar-refractivity contribution in [1.29, 1.82) is 0 Å². The Bertz CT molecular complexity index is 852. The lowest BCUT2D eigenvalue weighted by Gasteiger charge is -2.18. The smallest absolute Gasteiger partial charge is 0.221 e. The Labute approximate surface area is 162 Å². The third kappa shape index (κ3) is 7.57. The van der Waals surface area contributed by atoms with Crippen LogP contribution >= 0.6 is 11.8 Å². The molecule has 9 nitrogen and oxygen atoms in total. The maximum absolute atomic E-state index is 12.2. The number of benzene rings is 1. The van der Waals surface area contributed by atoms with E-state index in [1.807, 2.05) is 6.92 Å². The summed E-state index contributed by atoms with van der Waals surface area (Å²) < 4.78 is 30.9. The highest BCUT2D eigenvalue weighted by molar-refractivity contribution is 7.99. The average molecular weight is 414 g/mol. The summed E-state index contributed by atoms with van der Waals surface area (Å²) >= 11 is 1.42. The molecule has 0 spiro atoms. The Balaban J connectivity index is 1.89. The first-order valence-corrected chi connectivity index (χ1v) is 11.0. The van der Waals surface area contributed by atoms with Crippen molar-refractivity contribution in [2.45, 2.75) is 24.5 Å². The van der Waals surface area contributed by atoms with Gasteiger partial charge in [0.1, 0.15) is 11.6 Å². The number of hydrogen-bond acceptors (Lipinski definition) is 7. The third-order valence-electron chi connectivity index (χ3n) is 3.50. The van der Waals surface area contributed by atoms with Crippen LogP contribution in [0.25, 0.3) is 0 Å².